The van der Waals surface area contributed by atoms with E-state index in [9.17, 15) is 26.4 Å². The van der Waals surface area contributed by atoms with Gasteiger partial charge in [-0.05, 0) is 30.3 Å². The number of nitrogens with zero attached hydrogens (tertiary/aromatic N) is 2. The third-order valence-corrected chi connectivity index (χ3v) is 6.98. The summed E-state index contributed by atoms with van der Waals surface area (Å²) in [6.07, 6.45) is -4.78. The fraction of sp³-hybridized carbons (Fsp3) is 0.316. The van der Waals surface area contributed by atoms with Crippen LogP contribution in [-0.4, -0.2) is 56.9 Å². The molecule has 7 nitrogen and oxygen atoms in total. The lowest BCUT2D eigenvalue weighted by molar-refractivity contribution is -0.137. The lowest BCUT2D eigenvalue weighted by Gasteiger charge is -2.34. The molecule has 0 saturated carbocycles. The Labute approximate surface area is 182 Å². The van der Waals surface area contributed by atoms with Crippen LogP contribution >= 0.6 is 11.6 Å². The third-order valence-electron chi connectivity index (χ3n) is 4.76. The van der Waals surface area contributed by atoms with E-state index in [0.29, 0.717) is 17.5 Å². The van der Waals surface area contributed by atoms with Gasteiger partial charge in [-0.2, -0.15) is 17.5 Å². The number of carbonyl (C=O) groups excluding carboxylic acids is 1. The van der Waals surface area contributed by atoms with Crippen LogP contribution < -0.4 is 10.1 Å². The molecule has 0 spiro atoms. The highest BCUT2D eigenvalue weighted by Gasteiger charge is 2.36. The fourth-order valence-corrected chi connectivity index (χ4v) is 4.78. The second kappa shape index (κ2) is 8.93. The second-order valence-electron chi connectivity index (χ2n) is 6.66. The number of hydrogen-bond donors (Lipinski definition) is 1. The maximum absolute atomic E-state index is 13.1. The molecule has 2 aromatic carbocycles. The van der Waals surface area contributed by atoms with Crippen molar-refractivity contribution in [2.24, 2.45) is 0 Å². The molecule has 12 heteroatoms. The van der Waals surface area contributed by atoms with Gasteiger partial charge >= 0.3 is 12.2 Å². The molecule has 2 aromatic rings. The number of alkyl halides is 3. The molecule has 1 fully saturated rings. The molecule has 2 amide bonds. The van der Waals surface area contributed by atoms with Crippen LogP contribution in [-0.2, 0) is 16.2 Å². The molecule has 168 valence electrons. The predicted octanol–water partition coefficient (Wildman–Crippen LogP) is 3.91. The summed E-state index contributed by atoms with van der Waals surface area (Å²) in [7, 11) is -2.72. The number of anilines is 1. The smallest absolute Gasteiger partial charge is 0.417 e. The first-order valence-electron chi connectivity index (χ1n) is 9.10. The van der Waals surface area contributed by atoms with Crippen LogP contribution in [0.15, 0.2) is 47.4 Å². The summed E-state index contributed by atoms with van der Waals surface area (Å²) in [5, 5.41) is 2.12. The van der Waals surface area contributed by atoms with Crippen LogP contribution in [0.1, 0.15) is 5.56 Å². The summed E-state index contributed by atoms with van der Waals surface area (Å²) in [6.45, 7) is 0.0111. The Kier molecular flexibility index (Phi) is 6.68. The minimum absolute atomic E-state index is 0.0638. The monoisotopic (exact) mass is 477 g/mol. The zero-order valence-electron chi connectivity index (χ0n) is 16.3. The molecule has 0 unspecified atom stereocenters. The average molecular weight is 478 g/mol. The molecule has 0 radical (unpaired) electrons. The molecule has 0 aliphatic carbocycles. The molecule has 1 saturated heterocycles. The summed E-state index contributed by atoms with van der Waals surface area (Å²) in [5.41, 5.74) is -0.754. The quantitative estimate of drug-likeness (QED) is 0.724. The molecular weight excluding hydrogens is 459 g/mol. The van der Waals surface area contributed by atoms with Crippen molar-refractivity contribution in [3.63, 3.8) is 0 Å². The van der Waals surface area contributed by atoms with E-state index < -0.39 is 37.7 Å². The summed E-state index contributed by atoms with van der Waals surface area (Å²) in [5.74, 6) is 0.472. The number of amides is 2. The number of sulfonamides is 1. The van der Waals surface area contributed by atoms with Crippen molar-refractivity contribution in [1.82, 2.24) is 9.21 Å². The average Bonchev–Trinajstić information content (AvgIpc) is 2.73. The van der Waals surface area contributed by atoms with Gasteiger partial charge < -0.3 is 15.0 Å². The summed E-state index contributed by atoms with van der Waals surface area (Å²) in [6, 6.07) is 8.86. The number of hydrogen-bond acceptors (Lipinski definition) is 4. The molecule has 0 bridgehead atoms. The van der Waals surface area contributed by atoms with Gasteiger partial charge in [-0.3, -0.25) is 0 Å². The van der Waals surface area contributed by atoms with Gasteiger partial charge in [0.05, 0.1) is 28.3 Å². The van der Waals surface area contributed by atoms with E-state index in [1.807, 2.05) is 0 Å². The van der Waals surface area contributed by atoms with Gasteiger partial charge in [-0.25, -0.2) is 13.2 Å². The van der Waals surface area contributed by atoms with Crippen molar-refractivity contribution in [2.45, 2.75) is 11.1 Å². The number of carbonyl (C=O) groups is 1. The number of benzene rings is 2. The Morgan fingerprint density at radius 1 is 1.10 bits per heavy atom. The molecule has 31 heavy (non-hydrogen) atoms. The third kappa shape index (κ3) is 5.05. The van der Waals surface area contributed by atoms with Crippen molar-refractivity contribution in [3.8, 4) is 5.75 Å². The van der Waals surface area contributed by atoms with E-state index in [2.05, 4.69) is 5.32 Å². The van der Waals surface area contributed by atoms with Gasteiger partial charge in [-0.15, -0.1) is 0 Å². The van der Waals surface area contributed by atoms with Gasteiger partial charge in [0.1, 0.15) is 5.75 Å². The van der Waals surface area contributed by atoms with E-state index in [-0.39, 0.29) is 26.2 Å². The zero-order valence-corrected chi connectivity index (χ0v) is 17.9. The number of halogens is 4. The van der Waals surface area contributed by atoms with Crippen LogP contribution in [0.25, 0.3) is 0 Å². The van der Waals surface area contributed by atoms with Crippen molar-refractivity contribution in [1.29, 1.82) is 0 Å². The van der Waals surface area contributed by atoms with Gasteiger partial charge in [0.15, 0.2) is 0 Å². The Morgan fingerprint density at radius 3 is 2.35 bits per heavy atom. The van der Waals surface area contributed by atoms with Crippen molar-refractivity contribution >= 4 is 33.3 Å². The predicted molar refractivity (Wildman–Crippen MR) is 109 cm³/mol. The molecular formula is C19H19ClF3N3O4S. The SMILES string of the molecule is COc1ccccc1NC(=O)N1CCN(S(=O)(=O)c2ccc(Cl)c(C(F)(F)F)c2)CC1. The Bertz CT molecular complexity index is 1070. The van der Waals surface area contributed by atoms with Gasteiger partial charge in [0.2, 0.25) is 10.0 Å². The number of piperazine rings is 1. The number of urea groups is 1. The normalized spacial score (nSPS) is 15.6. The Balaban J connectivity index is 1.69. The molecule has 0 atom stereocenters. The molecule has 0 aromatic heterocycles. The first kappa shape index (κ1) is 23.2. The minimum atomic E-state index is -4.78. The number of para-hydroxylation sites is 2. The molecule has 3 rings (SSSR count). The highest BCUT2D eigenvalue weighted by atomic mass is 35.5. The Morgan fingerprint density at radius 2 is 1.74 bits per heavy atom. The first-order chi connectivity index (χ1) is 14.5. The number of rotatable bonds is 4. The van der Waals surface area contributed by atoms with Crippen LogP contribution in [0.2, 0.25) is 5.02 Å². The second-order valence-corrected chi connectivity index (χ2v) is 9.01. The van der Waals surface area contributed by atoms with E-state index in [0.717, 1.165) is 16.4 Å². The van der Waals surface area contributed by atoms with E-state index in [1.54, 1.807) is 24.3 Å². The standard InChI is InChI=1S/C19H19ClF3N3O4S/c1-30-17-5-3-2-4-16(17)24-18(27)25-8-10-26(11-9-25)31(28,29)13-6-7-15(20)14(12-13)19(21,22)23/h2-7,12H,8-11H2,1H3,(H,24,27). The summed E-state index contributed by atoms with van der Waals surface area (Å²) in [4.78, 5) is 13.4. The maximum Gasteiger partial charge on any atom is 0.417 e. The minimum Gasteiger partial charge on any atom is -0.495 e. The van der Waals surface area contributed by atoms with Crippen molar-refractivity contribution in [3.05, 3.63) is 53.1 Å². The largest absolute Gasteiger partial charge is 0.495 e. The lowest BCUT2D eigenvalue weighted by Crippen LogP contribution is -2.51. The summed E-state index contributed by atoms with van der Waals surface area (Å²) < 4.78 is 71.1. The lowest BCUT2D eigenvalue weighted by atomic mass is 10.2. The number of ether oxygens (including phenoxy) is 1. The van der Waals surface area contributed by atoms with Crippen molar-refractivity contribution < 1.29 is 31.1 Å². The highest BCUT2D eigenvalue weighted by molar-refractivity contribution is 7.89. The van der Waals surface area contributed by atoms with Gasteiger partial charge in [0.25, 0.3) is 0 Å². The van der Waals surface area contributed by atoms with Crippen LogP contribution in [0, 0.1) is 0 Å². The highest BCUT2D eigenvalue weighted by Crippen LogP contribution is 2.36. The van der Waals surface area contributed by atoms with Crippen LogP contribution in [0.3, 0.4) is 0 Å². The van der Waals surface area contributed by atoms with Crippen molar-refractivity contribution in [2.75, 3.05) is 38.6 Å². The zero-order chi connectivity index (χ0) is 22.8. The first-order valence-corrected chi connectivity index (χ1v) is 10.9. The molecule has 1 aliphatic heterocycles. The van der Waals surface area contributed by atoms with E-state index in [1.165, 1.54) is 12.0 Å². The molecule has 1 aliphatic rings. The fourth-order valence-electron chi connectivity index (χ4n) is 3.10. The van der Waals surface area contributed by atoms with Gasteiger partial charge in [-0.1, -0.05) is 23.7 Å². The Hall–Kier alpha value is -2.50. The summed E-state index contributed by atoms with van der Waals surface area (Å²) >= 11 is 5.57. The van der Waals surface area contributed by atoms with Crippen LogP contribution in [0.4, 0.5) is 23.7 Å². The number of nitrogens with one attached hydrogen (secondary N) is 1. The van der Waals surface area contributed by atoms with Crippen LogP contribution in [0.5, 0.6) is 5.75 Å². The van der Waals surface area contributed by atoms with E-state index in [4.69, 9.17) is 16.3 Å². The van der Waals surface area contributed by atoms with Gasteiger partial charge in [0, 0.05) is 26.2 Å². The van der Waals surface area contributed by atoms with E-state index >= 15 is 0 Å². The molecule has 1 heterocycles. The number of methoxy groups -OCH3 is 1. The molecule has 1 N–H and O–H groups in total. The topological polar surface area (TPSA) is 79.0 Å². The maximum atomic E-state index is 13.1.